The van der Waals surface area contributed by atoms with E-state index in [0.29, 0.717) is 24.2 Å². The molecule has 0 aromatic carbocycles. The normalized spacial score (nSPS) is 43.7. The Kier molecular flexibility index (Phi) is 5.25. The van der Waals surface area contributed by atoms with Crippen molar-refractivity contribution in [3.05, 3.63) is 11.6 Å². The summed E-state index contributed by atoms with van der Waals surface area (Å²) in [7, 11) is 0. The van der Waals surface area contributed by atoms with E-state index in [0.717, 1.165) is 38.5 Å². The standard InChI is InChI=1S/C24H34O5/c1-14(26)29-13-22(28)20-5-4-18-17-10-15(12-25)21-11-16(27)6-8-24(21,3)19(17)7-9-23(18,20)2/h11,15,17-20,25H,4-10,12-13H2,1-3H3/t15-,17+,18+,19+,20-,23+,24-/m1/s1. The summed E-state index contributed by atoms with van der Waals surface area (Å²) >= 11 is 0. The van der Waals surface area contributed by atoms with Crippen LogP contribution in [0.15, 0.2) is 11.6 Å². The van der Waals surface area contributed by atoms with Crippen molar-refractivity contribution in [2.45, 2.75) is 65.7 Å². The molecule has 3 saturated carbocycles. The Bertz CT molecular complexity index is 754. The highest BCUT2D eigenvalue weighted by atomic mass is 16.5. The van der Waals surface area contributed by atoms with Gasteiger partial charge in [-0.15, -0.1) is 0 Å². The van der Waals surface area contributed by atoms with Crippen LogP contribution in [0.1, 0.15) is 65.7 Å². The SMILES string of the molecule is CC(=O)OCC(=O)[C@H]1CC[C@H]2[C@@H]3C[C@H](CO)C4=CC(=O)CC[C@]4(C)[C@H]3CC[C@]12C. The molecule has 0 unspecified atom stereocenters. The number of fused-ring (bicyclic) bond motifs is 5. The predicted octanol–water partition coefficient (Wildman–Crippen LogP) is 3.49. The van der Waals surface area contributed by atoms with Crippen molar-refractivity contribution in [3.63, 3.8) is 0 Å². The second-order valence-corrected chi connectivity index (χ2v) is 10.4. The Balaban J connectivity index is 1.61. The molecule has 0 aliphatic heterocycles. The second kappa shape index (κ2) is 7.33. The molecule has 0 spiro atoms. The third kappa shape index (κ3) is 3.20. The smallest absolute Gasteiger partial charge is 0.303 e. The maximum Gasteiger partial charge on any atom is 0.303 e. The molecule has 7 atom stereocenters. The van der Waals surface area contributed by atoms with Gasteiger partial charge in [0.25, 0.3) is 0 Å². The molecule has 4 rings (SSSR count). The minimum atomic E-state index is -0.404. The summed E-state index contributed by atoms with van der Waals surface area (Å²) in [6.07, 6.45) is 8.22. The lowest BCUT2D eigenvalue weighted by molar-refractivity contribution is -0.149. The van der Waals surface area contributed by atoms with Gasteiger partial charge in [0.15, 0.2) is 11.6 Å². The van der Waals surface area contributed by atoms with Crippen molar-refractivity contribution in [1.29, 1.82) is 0 Å². The largest absolute Gasteiger partial charge is 0.458 e. The van der Waals surface area contributed by atoms with Gasteiger partial charge in [-0.2, -0.15) is 0 Å². The number of aliphatic hydroxyl groups is 1. The molecule has 1 N–H and O–H groups in total. The van der Waals surface area contributed by atoms with Crippen LogP contribution < -0.4 is 0 Å². The van der Waals surface area contributed by atoms with E-state index in [2.05, 4.69) is 13.8 Å². The van der Waals surface area contributed by atoms with E-state index < -0.39 is 5.97 Å². The summed E-state index contributed by atoms with van der Waals surface area (Å²) in [6.45, 7) is 5.91. The summed E-state index contributed by atoms with van der Waals surface area (Å²) < 4.78 is 5.02. The van der Waals surface area contributed by atoms with Crippen LogP contribution >= 0.6 is 0 Å². The van der Waals surface area contributed by atoms with E-state index in [9.17, 15) is 19.5 Å². The number of rotatable bonds is 4. The van der Waals surface area contributed by atoms with Crippen LogP contribution in [0.5, 0.6) is 0 Å². The highest BCUT2D eigenvalue weighted by molar-refractivity contribution is 5.91. The van der Waals surface area contributed by atoms with Crippen molar-refractivity contribution in [2.24, 2.45) is 40.4 Å². The molecule has 29 heavy (non-hydrogen) atoms. The Hall–Kier alpha value is -1.49. The molecule has 5 heteroatoms. The molecular weight excluding hydrogens is 368 g/mol. The van der Waals surface area contributed by atoms with Crippen LogP contribution in [0.2, 0.25) is 0 Å². The van der Waals surface area contributed by atoms with E-state index in [-0.39, 0.29) is 47.4 Å². The molecule has 5 nitrogen and oxygen atoms in total. The molecule has 4 aliphatic carbocycles. The number of aliphatic hydroxyl groups excluding tert-OH is 1. The van der Waals surface area contributed by atoms with E-state index in [1.165, 1.54) is 12.5 Å². The van der Waals surface area contributed by atoms with Gasteiger partial charge < -0.3 is 9.84 Å². The van der Waals surface area contributed by atoms with Crippen LogP contribution in [0.3, 0.4) is 0 Å². The third-order valence-electron chi connectivity index (χ3n) is 9.15. The molecule has 0 heterocycles. The summed E-state index contributed by atoms with van der Waals surface area (Å²) in [5.41, 5.74) is 1.12. The molecule has 3 fully saturated rings. The molecule has 0 radical (unpaired) electrons. The second-order valence-electron chi connectivity index (χ2n) is 10.4. The first-order chi connectivity index (χ1) is 13.7. The fourth-order valence-electron chi connectivity index (χ4n) is 7.76. The first-order valence-corrected chi connectivity index (χ1v) is 11.2. The van der Waals surface area contributed by atoms with Crippen LogP contribution in [-0.2, 0) is 19.1 Å². The van der Waals surface area contributed by atoms with E-state index in [1.54, 1.807) is 0 Å². The summed E-state index contributed by atoms with van der Waals surface area (Å²) in [5, 5.41) is 10.1. The van der Waals surface area contributed by atoms with Crippen molar-refractivity contribution in [3.8, 4) is 0 Å². The lowest BCUT2D eigenvalue weighted by Gasteiger charge is -2.59. The van der Waals surface area contributed by atoms with Crippen molar-refractivity contribution in [2.75, 3.05) is 13.2 Å². The summed E-state index contributed by atoms with van der Waals surface area (Å²) in [4.78, 5) is 36.1. The van der Waals surface area contributed by atoms with E-state index >= 15 is 0 Å². The van der Waals surface area contributed by atoms with Gasteiger partial charge in [-0.05, 0) is 73.2 Å². The van der Waals surface area contributed by atoms with Crippen molar-refractivity contribution >= 4 is 17.5 Å². The minimum Gasteiger partial charge on any atom is -0.458 e. The van der Waals surface area contributed by atoms with Crippen molar-refractivity contribution < 1.29 is 24.2 Å². The highest BCUT2D eigenvalue weighted by Crippen LogP contribution is 2.67. The topological polar surface area (TPSA) is 80.7 Å². The van der Waals surface area contributed by atoms with Gasteiger partial charge in [-0.1, -0.05) is 19.4 Å². The van der Waals surface area contributed by atoms with Gasteiger partial charge in [0.2, 0.25) is 0 Å². The summed E-state index contributed by atoms with van der Waals surface area (Å²) in [6, 6.07) is 0. The highest BCUT2D eigenvalue weighted by Gasteiger charge is 2.61. The first-order valence-electron chi connectivity index (χ1n) is 11.2. The van der Waals surface area contributed by atoms with Gasteiger partial charge in [0, 0.05) is 31.8 Å². The fraction of sp³-hybridized carbons (Fsp3) is 0.792. The molecule has 0 bridgehead atoms. The Labute approximate surface area is 173 Å². The number of hydrogen-bond acceptors (Lipinski definition) is 5. The quantitative estimate of drug-likeness (QED) is 0.728. The van der Waals surface area contributed by atoms with Gasteiger partial charge in [0.1, 0.15) is 6.61 Å². The monoisotopic (exact) mass is 402 g/mol. The molecule has 0 aromatic heterocycles. The number of esters is 1. The van der Waals surface area contributed by atoms with Crippen LogP contribution in [0.4, 0.5) is 0 Å². The summed E-state index contributed by atoms with van der Waals surface area (Å²) in [5.74, 6) is 1.33. The number of hydrogen-bond donors (Lipinski definition) is 1. The lowest BCUT2D eigenvalue weighted by atomic mass is 9.45. The van der Waals surface area contributed by atoms with E-state index in [4.69, 9.17) is 4.74 Å². The molecule has 4 aliphatic rings. The van der Waals surface area contributed by atoms with Gasteiger partial charge in [0.05, 0.1) is 0 Å². The molecular formula is C24H34O5. The average molecular weight is 403 g/mol. The predicted molar refractivity (Wildman–Crippen MR) is 108 cm³/mol. The average Bonchev–Trinajstić information content (AvgIpc) is 3.03. The zero-order valence-corrected chi connectivity index (χ0v) is 17.9. The van der Waals surface area contributed by atoms with E-state index in [1.807, 2.05) is 6.08 Å². The number of ketones is 2. The fourth-order valence-corrected chi connectivity index (χ4v) is 7.76. The Morgan fingerprint density at radius 3 is 2.62 bits per heavy atom. The van der Waals surface area contributed by atoms with Crippen molar-refractivity contribution in [1.82, 2.24) is 0 Å². The molecule has 160 valence electrons. The molecule has 0 amide bonds. The molecule has 0 saturated heterocycles. The van der Waals surface area contributed by atoms with Gasteiger partial charge in [-0.25, -0.2) is 0 Å². The lowest BCUT2D eigenvalue weighted by Crippen LogP contribution is -2.53. The minimum absolute atomic E-state index is 0.00854. The number of carbonyl (C=O) groups excluding carboxylic acids is 3. The van der Waals surface area contributed by atoms with Crippen LogP contribution in [0, 0.1) is 40.4 Å². The zero-order valence-electron chi connectivity index (χ0n) is 17.9. The first kappa shape index (κ1) is 20.8. The van der Waals surface area contributed by atoms with Crippen LogP contribution in [-0.4, -0.2) is 35.9 Å². The Morgan fingerprint density at radius 1 is 1.17 bits per heavy atom. The Morgan fingerprint density at radius 2 is 1.93 bits per heavy atom. The number of ether oxygens (including phenoxy) is 1. The maximum absolute atomic E-state index is 12.9. The molecule has 0 aromatic rings. The number of carbonyl (C=O) groups is 3. The number of Topliss-reactive ketones (excluding diaryl/α,β-unsaturated/α-hetero) is 1. The maximum atomic E-state index is 12.9. The van der Waals surface area contributed by atoms with Gasteiger partial charge in [-0.3, -0.25) is 14.4 Å². The van der Waals surface area contributed by atoms with Crippen LogP contribution in [0.25, 0.3) is 0 Å². The van der Waals surface area contributed by atoms with Gasteiger partial charge >= 0.3 is 5.97 Å². The zero-order chi connectivity index (χ0) is 21.0. The third-order valence-corrected chi connectivity index (χ3v) is 9.15.